The second-order valence-corrected chi connectivity index (χ2v) is 11.1. The zero-order valence-corrected chi connectivity index (χ0v) is 23.3. The molecular weight excluding hydrogens is 542 g/mol. The van der Waals surface area contributed by atoms with Crippen LogP contribution in [0.3, 0.4) is 0 Å². The SMILES string of the molecule is c1ccc(-c2ncc3c4ccccc4c4cnc(-n5c6ccccc6c6ccc7oc8ccccc8c7c65)nc4c3n2)cc1. The van der Waals surface area contributed by atoms with Gasteiger partial charge in [-0.15, -0.1) is 0 Å². The smallest absolute Gasteiger partial charge is 0.235 e. The minimum Gasteiger partial charge on any atom is -0.456 e. The quantitative estimate of drug-likeness (QED) is 0.196. The topological polar surface area (TPSA) is 69.6 Å². The first-order valence-electron chi connectivity index (χ1n) is 14.6. The first-order valence-corrected chi connectivity index (χ1v) is 14.6. The Kier molecular flexibility index (Phi) is 4.63. The van der Waals surface area contributed by atoms with Crippen molar-refractivity contribution in [2.45, 2.75) is 0 Å². The summed E-state index contributed by atoms with van der Waals surface area (Å²) in [6.07, 6.45) is 3.87. The minimum absolute atomic E-state index is 0.581. The summed E-state index contributed by atoms with van der Waals surface area (Å²) in [6, 6.07) is 39.2. The Morgan fingerprint density at radius 2 is 1.14 bits per heavy atom. The van der Waals surface area contributed by atoms with E-state index in [0.717, 1.165) is 81.9 Å². The van der Waals surface area contributed by atoms with Gasteiger partial charge in [-0.05, 0) is 35.0 Å². The number of hydrogen-bond acceptors (Lipinski definition) is 5. The van der Waals surface area contributed by atoms with Crippen molar-refractivity contribution in [1.29, 1.82) is 0 Å². The Bertz CT molecular complexity index is 2780. The van der Waals surface area contributed by atoms with Gasteiger partial charge in [0.1, 0.15) is 22.2 Å². The fourth-order valence-corrected chi connectivity index (χ4v) is 6.77. The molecule has 0 atom stereocenters. The molecule has 6 heteroatoms. The van der Waals surface area contributed by atoms with Gasteiger partial charge in [0.05, 0.1) is 16.4 Å². The Morgan fingerprint density at radius 3 is 1.95 bits per heavy atom. The molecule has 4 heterocycles. The molecule has 0 amide bonds. The van der Waals surface area contributed by atoms with Crippen molar-refractivity contribution in [2.75, 3.05) is 0 Å². The normalized spacial score (nSPS) is 12.1. The Morgan fingerprint density at radius 1 is 0.477 bits per heavy atom. The van der Waals surface area contributed by atoms with Crippen LogP contribution in [0.2, 0.25) is 0 Å². The molecule has 0 bridgehead atoms. The third-order valence-corrected chi connectivity index (χ3v) is 8.70. The van der Waals surface area contributed by atoms with Crippen LogP contribution >= 0.6 is 0 Å². The highest BCUT2D eigenvalue weighted by atomic mass is 16.3. The summed E-state index contributed by atoms with van der Waals surface area (Å²) in [6.45, 7) is 0. The van der Waals surface area contributed by atoms with Crippen molar-refractivity contribution in [3.05, 3.63) is 128 Å². The number of rotatable bonds is 2. The number of fused-ring (bicyclic) bond motifs is 13. The molecule has 0 aliphatic heterocycles. The zero-order valence-electron chi connectivity index (χ0n) is 23.3. The second kappa shape index (κ2) is 8.69. The lowest BCUT2D eigenvalue weighted by atomic mass is 10.0. The molecule has 0 saturated heterocycles. The Hall–Kier alpha value is -6.14. The van der Waals surface area contributed by atoms with Gasteiger partial charge in [0, 0.05) is 44.9 Å². The monoisotopic (exact) mass is 563 g/mol. The molecule has 204 valence electrons. The van der Waals surface area contributed by atoms with Gasteiger partial charge in [0.2, 0.25) is 5.95 Å². The average Bonchev–Trinajstić information content (AvgIpc) is 3.64. The minimum atomic E-state index is 0.581. The van der Waals surface area contributed by atoms with E-state index in [9.17, 15) is 0 Å². The van der Waals surface area contributed by atoms with Gasteiger partial charge in [-0.1, -0.05) is 91.0 Å². The van der Waals surface area contributed by atoms with Crippen LogP contribution in [0.4, 0.5) is 0 Å². The number of nitrogens with zero attached hydrogens (tertiary/aromatic N) is 5. The van der Waals surface area contributed by atoms with E-state index in [2.05, 4.69) is 71.3 Å². The first kappa shape index (κ1) is 23.4. The maximum absolute atomic E-state index is 6.31. The van der Waals surface area contributed by atoms with E-state index in [-0.39, 0.29) is 0 Å². The third kappa shape index (κ3) is 3.14. The first-order chi connectivity index (χ1) is 21.8. The summed E-state index contributed by atoms with van der Waals surface area (Å²) in [5.41, 5.74) is 6.30. The molecule has 4 aromatic heterocycles. The van der Waals surface area contributed by atoms with Crippen LogP contribution in [0.15, 0.2) is 132 Å². The van der Waals surface area contributed by atoms with Gasteiger partial charge >= 0.3 is 0 Å². The average molecular weight is 564 g/mol. The van der Waals surface area contributed by atoms with Crippen molar-refractivity contribution in [3.63, 3.8) is 0 Å². The molecule has 6 nitrogen and oxygen atoms in total. The fraction of sp³-hybridized carbons (Fsp3) is 0. The standard InChI is InChI=1S/C38H21N5O/c1-2-10-22(11-3-1)37-39-20-28-23-12-4-5-13-24(23)29-21-40-38(42-35(29)34(28)41-37)43-30-16-8-6-14-25(30)26-18-19-32-33(36(26)43)27-15-7-9-17-31(27)44-32/h1-21H. The predicted molar refractivity (Wildman–Crippen MR) is 177 cm³/mol. The van der Waals surface area contributed by atoms with Crippen LogP contribution in [0.25, 0.3) is 93.7 Å². The van der Waals surface area contributed by atoms with Crippen LogP contribution in [0.1, 0.15) is 0 Å². The lowest BCUT2D eigenvalue weighted by Gasteiger charge is -2.12. The number of furan rings is 1. The number of hydrogen-bond donors (Lipinski definition) is 0. The number of aromatic nitrogens is 5. The molecule has 10 rings (SSSR count). The number of benzene rings is 6. The van der Waals surface area contributed by atoms with Gasteiger partial charge in [-0.2, -0.15) is 0 Å². The maximum Gasteiger partial charge on any atom is 0.235 e. The van der Waals surface area contributed by atoms with Crippen LogP contribution in [0, 0.1) is 0 Å². The summed E-state index contributed by atoms with van der Waals surface area (Å²) in [4.78, 5) is 20.3. The largest absolute Gasteiger partial charge is 0.456 e. The zero-order chi connectivity index (χ0) is 28.8. The molecule has 0 fully saturated rings. The van der Waals surface area contributed by atoms with E-state index < -0.39 is 0 Å². The van der Waals surface area contributed by atoms with E-state index in [1.807, 2.05) is 60.9 Å². The van der Waals surface area contributed by atoms with Gasteiger partial charge in [0.25, 0.3) is 0 Å². The van der Waals surface area contributed by atoms with Crippen LogP contribution in [-0.4, -0.2) is 24.5 Å². The van der Waals surface area contributed by atoms with Crippen molar-refractivity contribution < 1.29 is 4.42 Å². The van der Waals surface area contributed by atoms with Gasteiger partial charge < -0.3 is 4.42 Å². The van der Waals surface area contributed by atoms with Crippen LogP contribution in [0.5, 0.6) is 0 Å². The van der Waals surface area contributed by atoms with Gasteiger partial charge in [0.15, 0.2) is 5.82 Å². The highest BCUT2D eigenvalue weighted by molar-refractivity contribution is 6.25. The molecule has 0 spiro atoms. The van der Waals surface area contributed by atoms with E-state index in [4.69, 9.17) is 24.4 Å². The molecule has 0 saturated carbocycles. The van der Waals surface area contributed by atoms with Gasteiger partial charge in [-0.3, -0.25) is 4.57 Å². The second-order valence-electron chi connectivity index (χ2n) is 11.1. The van der Waals surface area contributed by atoms with Crippen molar-refractivity contribution in [2.24, 2.45) is 0 Å². The van der Waals surface area contributed by atoms with E-state index in [1.165, 1.54) is 0 Å². The summed E-state index contributed by atoms with van der Waals surface area (Å²) in [7, 11) is 0. The van der Waals surface area contributed by atoms with Crippen molar-refractivity contribution in [1.82, 2.24) is 24.5 Å². The van der Waals surface area contributed by atoms with E-state index in [1.54, 1.807) is 0 Å². The lowest BCUT2D eigenvalue weighted by Crippen LogP contribution is -2.02. The molecular formula is C38H21N5O. The molecule has 0 N–H and O–H groups in total. The Labute approximate surface area is 249 Å². The molecule has 0 unspecified atom stereocenters. The number of para-hydroxylation sites is 2. The summed E-state index contributed by atoms with van der Waals surface area (Å²) >= 11 is 0. The van der Waals surface area contributed by atoms with E-state index >= 15 is 0 Å². The predicted octanol–water partition coefficient (Wildman–Crippen LogP) is 9.39. The van der Waals surface area contributed by atoms with Gasteiger partial charge in [-0.25, -0.2) is 19.9 Å². The molecule has 10 aromatic rings. The van der Waals surface area contributed by atoms with Crippen LogP contribution < -0.4 is 0 Å². The summed E-state index contributed by atoms with van der Waals surface area (Å²) in [5.74, 6) is 1.25. The lowest BCUT2D eigenvalue weighted by molar-refractivity contribution is 0.669. The summed E-state index contributed by atoms with van der Waals surface area (Å²) in [5, 5.41) is 8.44. The highest BCUT2D eigenvalue weighted by Crippen LogP contribution is 2.41. The van der Waals surface area contributed by atoms with Crippen LogP contribution in [-0.2, 0) is 0 Å². The third-order valence-electron chi connectivity index (χ3n) is 8.70. The molecule has 6 aromatic carbocycles. The molecule has 0 aliphatic carbocycles. The van der Waals surface area contributed by atoms with Crippen molar-refractivity contribution in [3.8, 4) is 17.3 Å². The van der Waals surface area contributed by atoms with E-state index in [0.29, 0.717) is 11.8 Å². The summed E-state index contributed by atoms with van der Waals surface area (Å²) < 4.78 is 8.48. The maximum atomic E-state index is 6.31. The molecule has 0 aliphatic rings. The van der Waals surface area contributed by atoms with Crippen molar-refractivity contribution >= 4 is 76.3 Å². The molecule has 44 heavy (non-hydrogen) atoms. The Balaban J connectivity index is 1.37. The fourth-order valence-electron chi connectivity index (χ4n) is 6.77. The highest BCUT2D eigenvalue weighted by Gasteiger charge is 2.21. The molecule has 0 radical (unpaired) electrons.